The van der Waals surface area contributed by atoms with Crippen molar-refractivity contribution in [2.75, 3.05) is 33.7 Å². The Bertz CT molecular complexity index is 574. The van der Waals surface area contributed by atoms with Gasteiger partial charge in [0.25, 0.3) is 0 Å². The van der Waals surface area contributed by atoms with Crippen LogP contribution in [0.25, 0.3) is 0 Å². The minimum atomic E-state index is -0.0846. The highest BCUT2D eigenvalue weighted by molar-refractivity contribution is 5.73. The van der Waals surface area contributed by atoms with Gasteiger partial charge in [0.15, 0.2) is 0 Å². The van der Waals surface area contributed by atoms with Gasteiger partial charge in [-0.05, 0) is 44.6 Å². The molecule has 0 aliphatic rings. The Morgan fingerprint density at radius 2 is 1.40 bits per heavy atom. The van der Waals surface area contributed by atoms with E-state index in [9.17, 15) is 4.79 Å². The first-order valence-corrected chi connectivity index (χ1v) is 8.93. The zero-order valence-electron chi connectivity index (χ0n) is 15.2. The maximum Gasteiger partial charge on any atom is 0.314 e. The van der Waals surface area contributed by atoms with Crippen molar-refractivity contribution >= 4 is 6.03 Å². The molecule has 0 atom stereocenters. The number of urea groups is 1. The molecule has 0 heterocycles. The fraction of sp³-hybridized carbons (Fsp3) is 0.381. The highest BCUT2D eigenvalue weighted by atomic mass is 16.2. The number of nitrogens with zero attached hydrogens (tertiary/aromatic N) is 1. The second kappa shape index (κ2) is 10.5. The standard InChI is InChI=1S/C21H29N3O/c1-24(2)17-9-15-22-21(25)23-16-14-20(18-10-5-3-6-11-18)19-12-7-4-8-13-19/h3-8,10-13,20H,9,14-17H2,1-2H3,(H2,22,23,25). The average Bonchev–Trinajstić information content (AvgIpc) is 2.64. The van der Waals surface area contributed by atoms with Crippen LogP contribution in [0.5, 0.6) is 0 Å². The number of benzene rings is 2. The maximum atomic E-state index is 11.9. The Morgan fingerprint density at radius 3 is 1.92 bits per heavy atom. The van der Waals surface area contributed by atoms with E-state index in [1.165, 1.54) is 11.1 Å². The van der Waals surface area contributed by atoms with Crippen LogP contribution in [-0.4, -0.2) is 44.7 Å². The lowest BCUT2D eigenvalue weighted by atomic mass is 9.88. The van der Waals surface area contributed by atoms with Crippen molar-refractivity contribution in [3.05, 3.63) is 71.8 Å². The highest BCUT2D eigenvalue weighted by Gasteiger charge is 2.13. The average molecular weight is 339 g/mol. The molecule has 4 nitrogen and oxygen atoms in total. The van der Waals surface area contributed by atoms with Crippen molar-refractivity contribution in [2.45, 2.75) is 18.8 Å². The Hall–Kier alpha value is -2.33. The Kier molecular flexibility index (Phi) is 7.99. The number of hydrogen-bond donors (Lipinski definition) is 2. The van der Waals surface area contributed by atoms with Crippen molar-refractivity contribution < 1.29 is 4.79 Å². The zero-order chi connectivity index (χ0) is 17.9. The normalized spacial score (nSPS) is 10.9. The third-order valence-electron chi connectivity index (χ3n) is 4.19. The predicted molar refractivity (Wildman–Crippen MR) is 104 cm³/mol. The van der Waals surface area contributed by atoms with Gasteiger partial charge < -0.3 is 15.5 Å². The summed E-state index contributed by atoms with van der Waals surface area (Å²) < 4.78 is 0. The van der Waals surface area contributed by atoms with E-state index in [1.807, 2.05) is 26.2 Å². The third-order valence-corrected chi connectivity index (χ3v) is 4.19. The molecule has 0 bridgehead atoms. The van der Waals surface area contributed by atoms with Gasteiger partial charge in [-0.2, -0.15) is 0 Å². The van der Waals surface area contributed by atoms with E-state index in [4.69, 9.17) is 0 Å². The Labute approximate surface area is 151 Å². The minimum absolute atomic E-state index is 0.0846. The number of hydrogen-bond acceptors (Lipinski definition) is 2. The Balaban J connectivity index is 1.83. The number of carbonyl (C=O) groups is 1. The first-order valence-electron chi connectivity index (χ1n) is 8.93. The molecule has 0 aliphatic heterocycles. The van der Waals surface area contributed by atoms with Crippen LogP contribution in [0.2, 0.25) is 0 Å². The molecular weight excluding hydrogens is 310 g/mol. The summed E-state index contributed by atoms with van der Waals surface area (Å²) in [4.78, 5) is 14.0. The summed E-state index contributed by atoms with van der Waals surface area (Å²) in [7, 11) is 4.07. The monoisotopic (exact) mass is 339 g/mol. The molecule has 2 aromatic rings. The molecule has 0 aromatic heterocycles. The summed E-state index contributed by atoms with van der Waals surface area (Å²) >= 11 is 0. The largest absolute Gasteiger partial charge is 0.338 e. The van der Waals surface area contributed by atoms with Crippen LogP contribution in [-0.2, 0) is 0 Å². The molecule has 2 N–H and O–H groups in total. The predicted octanol–water partition coefficient (Wildman–Crippen LogP) is 3.46. The van der Waals surface area contributed by atoms with Crippen LogP contribution >= 0.6 is 0 Å². The molecule has 25 heavy (non-hydrogen) atoms. The van der Waals surface area contributed by atoms with Gasteiger partial charge in [0, 0.05) is 19.0 Å². The lowest BCUT2D eigenvalue weighted by molar-refractivity contribution is 0.240. The lowest BCUT2D eigenvalue weighted by Gasteiger charge is -2.18. The number of carbonyl (C=O) groups excluding carboxylic acids is 1. The second-order valence-electron chi connectivity index (χ2n) is 6.50. The first-order chi connectivity index (χ1) is 12.2. The van der Waals surface area contributed by atoms with Crippen LogP contribution in [0.4, 0.5) is 4.79 Å². The van der Waals surface area contributed by atoms with E-state index in [-0.39, 0.29) is 11.9 Å². The van der Waals surface area contributed by atoms with E-state index < -0.39 is 0 Å². The van der Waals surface area contributed by atoms with Crippen LogP contribution in [0.1, 0.15) is 29.9 Å². The third kappa shape index (κ3) is 6.98. The molecular formula is C21H29N3O. The molecule has 2 aromatic carbocycles. The molecule has 0 spiro atoms. The summed E-state index contributed by atoms with van der Waals surface area (Å²) in [6.07, 6.45) is 1.83. The molecule has 0 fully saturated rings. The quantitative estimate of drug-likeness (QED) is 0.687. The summed E-state index contributed by atoms with van der Waals surface area (Å²) in [5, 5.41) is 5.89. The van der Waals surface area contributed by atoms with Crippen LogP contribution in [0, 0.1) is 0 Å². The van der Waals surface area contributed by atoms with Gasteiger partial charge in [0.2, 0.25) is 0 Å². The van der Waals surface area contributed by atoms with Gasteiger partial charge in [0.1, 0.15) is 0 Å². The highest BCUT2D eigenvalue weighted by Crippen LogP contribution is 2.27. The number of rotatable bonds is 9. The minimum Gasteiger partial charge on any atom is -0.338 e. The zero-order valence-corrected chi connectivity index (χ0v) is 15.2. The summed E-state index contributed by atoms with van der Waals surface area (Å²) in [5.41, 5.74) is 2.56. The lowest BCUT2D eigenvalue weighted by Crippen LogP contribution is -2.37. The topological polar surface area (TPSA) is 44.4 Å². The van der Waals surface area contributed by atoms with Gasteiger partial charge in [0.05, 0.1) is 0 Å². The van der Waals surface area contributed by atoms with Crippen LogP contribution in [0.3, 0.4) is 0 Å². The van der Waals surface area contributed by atoms with Crippen molar-refractivity contribution in [3.63, 3.8) is 0 Å². The molecule has 4 heteroatoms. The van der Waals surface area contributed by atoms with Gasteiger partial charge in [-0.15, -0.1) is 0 Å². The van der Waals surface area contributed by atoms with E-state index >= 15 is 0 Å². The fourth-order valence-corrected chi connectivity index (χ4v) is 2.89. The smallest absolute Gasteiger partial charge is 0.314 e. The number of nitrogens with one attached hydrogen (secondary N) is 2. The van der Waals surface area contributed by atoms with E-state index in [2.05, 4.69) is 64.1 Å². The first kappa shape index (κ1) is 19.0. The van der Waals surface area contributed by atoms with Gasteiger partial charge in [-0.3, -0.25) is 0 Å². The number of amides is 2. The molecule has 0 unspecified atom stereocenters. The summed E-state index contributed by atoms with van der Waals surface area (Å²) in [6, 6.07) is 20.9. The van der Waals surface area contributed by atoms with Crippen LogP contribution in [0.15, 0.2) is 60.7 Å². The fourth-order valence-electron chi connectivity index (χ4n) is 2.89. The molecule has 134 valence electrons. The maximum absolute atomic E-state index is 11.9. The van der Waals surface area contributed by atoms with Crippen molar-refractivity contribution in [1.82, 2.24) is 15.5 Å². The van der Waals surface area contributed by atoms with E-state index in [1.54, 1.807) is 0 Å². The van der Waals surface area contributed by atoms with Gasteiger partial charge >= 0.3 is 6.03 Å². The summed E-state index contributed by atoms with van der Waals surface area (Å²) in [6.45, 7) is 2.32. The van der Waals surface area contributed by atoms with Crippen LogP contribution < -0.4 is 10.6 Å². The van der Waals surface area contributed by atoms with Gasteiger partial charge in [-0.25, -0.2) is 4.79 Å². The molecule has 2 amide bonds. The molecule has 0 saturated carbocycles. The van der Waals surface area contributed by atoms with E-state index in [0.717, 1.165) is 19.4 Å². The molecule has 0 saturated heterocycles. The molecule has 0 radical (unpaired) electrons. The molecule has 0 aliphatic carbocycles. The van der Waals surface area contributed by atoms with Crippen molar-refractivity contribution in [1.29, 1.82) is 0 Å². The SMILES string of the molecule is CN(C)CCCNC(=O)NCCC(c1ccccc1)c1ccccc1. The van der Waals surface area contributed by atoms with E-state index in [0.29, 0.717) is 13.1 Å². The van der Waals surface area contributed by atoms with Gasteiger partial charge in [-0.1, -0.05) is 60.7 Å². The summed E-state index contributed by atoms with van der Waals surface area (Å²) in [5.74, 6) is 0.288. The Morgan fingerprint density at radius 1 is 0.880 bits per heavy atom. The second-order valence-corrected chi connectivity index (χ2v) is 6.50. The molecule has 2 rings (SSSR count). The van der Waals surface area contributed by atoms with Crippen molar-refractivity contribution in [3.8, 4) is 0 Å². The van der Waals surface area contributed by atoms with Crippen molar-refractivity contribution in [2.24, 2.45) is 0 Å².